The first kappa shape index (κ1) is 37.3. The maximum atomic E-state index is 4.94. The van der Waals surface area contributed by atoms with Crippen molar-refractivity contribution in [1.29, 1.82) is 0 Å². The number of fused-ring (bicyclic) bond motifs is 6. The van der Waals surface area contributed by atoms with Crippen molar-refractivity contribution in [3.8, 4) is 22.3 Å². The van der Waals surface area contributed by atoms with E-state index in [1.54, 1.807) is 0 Å². The third kappa shape index (κ3) is 9.76. The summed E-state index contributed by atoms with van der Waals surface area (Å²) in [7, 11) is 14.8. The smallest absolute Gasteiger partial charge is 0.214 e. The lowest BCUT2D eigenvalue weighted by Gasteiger charge is -2.21. The number of halogens is 5. The number of hydrogen-bond donors (Lipinski definition) is 0. The van der Waals surface area contributed by atoms with E-state index in [4.69, 9.17) is 30.1 Å². The molecular formula is C40H40AlBr2Cl3. The average Bonchev–Trinajstić information content (AvgIpc) is 3.56. The third-order valence-electron chi connectivity index (χ3n) is 8.09. The molecule has 2 aliphatic rings. The summed E-state index contributed by atoms with van der Waals surface area (Å²) in [6, 6.07) is 38.7. The highest BCUT2D eigenvalue weighted by Gasteiger charge is 2.26. The monoisotopic (exact) mass is 810 g/mol. The standard InChI is InChI=1S/C21H25Br.C13H9Br.C6H6.Al.3ClH/c1-20(2,3)15-7-8-17-13(10-15)9-14-11-16(21(4,5)6)12-18(22)19(14)17;14-12-7-3-5-10-8-9-4-1-2-6-11(9)13(10)12;1-2-4-6-5-3-1;;;;/h7-8,10-12H,9H2,1-6H3;1-7H,8H2;1-6H;;3*1H/q;;;+3;;;/p-3. The van der Waals surface area contributed by atoms with E-state index in [0.29, 0.717) is 0 Å². The fourth-order valence-electron chi connectivity index (χ4n) is 5.72. The summed E-state index contributed by atoms with van der Waals surface area (Å²) in [5.74, 6) is 0. The molecule has 0 N–H and O–H groups in total. The highest BCUT2D eigenvalue weighted by Crippen LogP contribution is 2.45. The van der Waals surface area contributed by atoms with Crippen molar-refractivity contribution in [2.24, 2.45) is 0 Å². The molecule has 0 aromatic heterocycles. The molecule has 6 heteroatoms. The Labute approximate surface area is 309 Å². The summed E-state index contributed by atoms with van der Waals surface area (Å²) in [5, 5.41) is 0. The fourth-order valence-corrected chi connectivity index (χ4v) is 7.06. The normalized spacial score (nSPS) is 12.1. The quantitative estimate of drug-likeness (QED) is 0.134. The highest BCUT2D eigenvalue weighted by atomic mass is 79.9. The molecule has 0 bridgehead atoms. The molecule has 0 atom stereocenters. The van der Waals surface area contributed by atoms with Crippen LogP contribution in [0.15, 0.2) is 118 Å². The van der Waals surface area contributed by atoms with E-state index in [1.807, 2.05) is 36.4 Å². The van der Waals surface area contributed by atoms with Gasteiger partial charge in [-0.1, -0.05) is 170 Å². The van der Waals surface area contributed by atoms with Gasteiger partial charge in [-0.25, -0.2) is 30.1 Å². The van der Waals surface area contributed by atoms with Crippen LogP contribution in [0, 0.1) is 0 Å². The summed E-state index contributed by atoms with van der Waals surface area (Å²) in [6.07, 6.45) is 2.13. The number of benzene rings is 5. The van der Waals surface area contributed by atoms with Gasteiger partial charge in [-0.3, -0.25) is 0 Å². The van der Waals surface area contributed by atoms with Crippen molar-refractivity contribution in [2.45, 2.75) is 65.2 Å². The van der Waals surface area contributed by atoms with Crippen LogP contribution in [0.25, 0.3) is 22.3 Å². The summed E-state index contributed by atoms with van der Waals surface area (Å²) >= 11 is 5.71. The van der Waals surface area contributed by atoms with E-state index in [2.05, 4.69) is 146 Å². The van der Waals surface area contributed by atoms with Gasteiger partial charge in [-0.15, -0.1) is 0 Å². The molecule has 0 radical (unpaired) electrons. The van der Waals surface area contributed by atoms with E-state index in [0.717, 1.165) is 12.8 Å². The van der Waals surface area contributed by atoms with Gasteiger partial charge in [0.1, 0.15) is 0 Å². The Morgan fingerprint density at radius 3 is 1.54 bits per heavy atom. The zero-order chi connectivity index (χ0) is 33.6. The number of hydrogen-bond acceptors (Lipinski definition) is 0. The van der Waals surface area contributed by atoms with E-state index >= 15 is 0 Å². The lowest BCUT2D eigenvalue weighted by atomic mass is 9.85. The van der Waals surface area contributed by atoms with Gasteiger partial charge in [0.05, 0.1) is 0 Å². The predicted octanol–water partition coefficient (Wildman–Crippen LogP) is 14.0. The van der Waals surface area contributed by atoms with Crippen LogP contribution in [-0.2, 0) is 23.7 Å². The van der Waals surface area contributed by atoms with E-state index in [1.165, 1.54) is 64.6 Å². The molecule has 0 spiro atoms. The summed E-state index contributed by atoms with van der Waals surface area (Å²) < 4.78 is 2.44. The van der Waals surface area contributed by atoms with E-state index < -0.39 is 11.4 Å². The van der Waals surface area contributed by atoms with Gasteiger partial charge in [0.2, 0.25) is 0 Å². The molecule has 5 aromatic carbocycles. The van der Waals surface area contributed by atoms with Crippen molar-refractivity contribution >= 4 is 73.4 Å². The third-order valence-corrected chi connectivity index (χ3v) is 9.38. The van der Waals surface area contributed by atoms with Crippen LogP contribution < -0.4 is 0 Å². The maximum Gasteiger partial charge on any atom is 0.643 e. The molecule has 46 heavy (non-hydrogen) atoms. The molecule has 0 nitrogen and oxygen atoms in total. The van der Waals surface area contributed by atoms with Gasteiger partial charge in [0.25, 0.3) is 0 Å². The van der Waals surface area contributed by atoms with Crippen LogP contribution in [-0.4, -0.2) is 11.4 Å². The lowest BCUT2D eigenvalue weighted by Crippen LogP contribution is -2.11. The predicted molar refractivity (Wildman–Crippen MR) is 212 cm³/mol. The highest BCUT2D eigenvalue weighted by molar-refractivity contribution is 9.11. The molecule has 0 aliphatic heterocycles. The first-order valence-corrected chi connectivity index (χ1v) is 22.2. The Kier molecular flexibility index (Phi) is 13.2. The van der Waals surface area contributed by atoms with Crippen LogP contribution in [0.2, 0.25) is 0 Å². The van der Waals surface area contributed by atoms with Crippen LogP contribution >= 0.6 is 62.0 Å². The minimum absolute atomic E-state index is 0.183. The van der Waals surface area contributed by atoms with Crippen LogP contribution in [0.3, 0.4) is 0 Å². The first-order valence-electron chi connectivity index (χ1n) is 15.4. The molecule has 0 fully saturated rings. The van der Waals surface area contributed by atoms with Crippen LogP contribution in [0.4, 0.5) is 0 Å². The van der Waals surface area contributed by atoms with Crippen molar-refractivity contribution in [1.82, 2.24) is 0 Å². The average molecular weight is 814 g/mol. The van der Waals surface area contributed by atoms with Gasteiger partial charge < -0.3 is 0 Å². The lowest BCUT2D eigenvalue weighted by molar-refractivity contribution is 0.589. The molecule has 2 aliphatic carbocycles. The summed E-state index contributed by atoms with van der Waals surface area (Å²) in [4.78, 5) is 0. The molecule has 0 heterocycles. The zero-order valence-electron chi connectivity index (χ0n) is 27.3. The molecular weight excluding hydrogens is 774 g/mol. The molecule has 0 unspecified atom stereocenters. The Morgan fingerprint density at radius 2 is 0.957 bits per heavy atom. The van der Waals surface area contributed by atoms with E-state index in [-0.39, 0.29) is 10.8 Å². The Hall–Kier alpha value is -1.54. The molecule has 7 rings (SSSR count). The van der Waals surface area contributed by atoms with Crippen molar-refractivity contribution in [2.75, 3.05) is 0 Å². The Bertz CT molecular complexity index is 1740. The fraction of sp³-hybridized carbons (Fsp3) is 0.250. The number of rotatable bonds is 0. The van der Waals surface area contributed by atoms with Gasteiger partial charge >= 0.3 is 11.4 Å². The maximum absolute atomic E-state index is 4.94. The SMILES string of the molecule is Brc1cccc2c1-c1ccccc1C2.CC(C)(C)c1ccc2c(c1)Cc1cc(C(C)(C)C)cc(Br)c1-2.[Cl][Al]([Cl])[Cl].c1ccccc1. The Morgan fingerprint density at radius 1 is 0.478 bits per heavy atom. The van der Waals surface area contributed by atoms with Crippen molar-refractivity contribution in [3.05, 3.63) is 152 Å². The second kappa shape index (κ2) is 16.2. The van der Waals surface area contributed by atoms with Gasteiger partial charge in [-0.05, 0) is 91.4 Å². The molecule has 238 valence electrons. The largest absolute Gasteiger partial charge is 0.643 e. The minimum Gasteiger partial charge on any atom is -0.214 e. The van der Waals surface area contributed by atoms with Gasteiger partial charge in [0, 0.05) is 8.95 Å². The molecule has 0 amide bonds. The van der Waals surface area contributed by atoms with Crippen LogP contribution in [0.1, 0.15) is 74.9 Å². The molecule has 0 saturated carbocycles. The first-order chi connectivity index (χ1) is 21.7. The van der Waals surface area contributed by atoms with Crippen molar-refractivity contribution < 1.29 is 0 Å². The van der Waals surface area contributed by atoms with Crippen LogP contribution in [0.5, 0.6) is 0 Å². The Balaban J connectivity index is 0.000000169. The van der Waals surface area contributed by atoms with E-state index in [9.17, 15) is 0 Å². The molecule has 0 saturated heterocycles. The minimum atomic E-state index is -1.72. The van der Waals surface area contributed by atoms with Gasteiger partial charge in [-0.2, -0.15) is 0 Å². The molecule has 5 aromatic rings. The zero-order valence-corrected chi connectivity index (χ0v) is 33.9. The summed E-state index contributed by atoms with van der Waals surface area (Å²) in [5.41, 5.74) is 14.6. The van der Waals surface area contributed by atoms with Crippen molar-refractivity contribution in [3.63, 3.8) is 0 Å². The topological polar surface area (TPSA) is 0 Å². The van der Waals surface area contributed by atoms with Gasteiger partial charge in [0.15, 0.2) is 0 Å². The second-order valence-electron chi connectivity index (χ2n) is 13.6. The summed E-state index contributed by atoms with van der Waals surface area (Å²) in [6.45, 7) is 13.7. The second-order valence-corrected chi connectivity index (χ2v) is 21.7.